The molecule has 2 N–H and O–H groups in total. The second-order valence-corrected chi connectivity index (χ2v) is 9.81. The molecule has 7 nitrogen and oxygen atoms in total. The monoisotopic (exact) mass is 477 g/mol. The van der Waals surface area contributed by atoms with E-state index in [1.54, 1.807) is 24.3 Å². The van der Waals surface area contributed by atoms with E-state index in [1.807, 2.05) is 12.1 Å². The van der Waals surface area contributed by atoms with E-state index in [0.717, 1.165) is 29.1 Å². The van der Waals surface area contributed by atoms with Crippen molar-refractivity contribution in [2.45, 2.75) is 33.4 Å². The molecule has 186 valence electrons. The van der Waals surface area contributed by atoms with E-state index in [0.29, 0.717) is 5.56 Å². The van der Waals surface area contributed by atoms with Crippen molar-refractivity contribution < 1.29 is 19.5 Å². The van der Waals surface area contributed by atoms with Crippen LogP contribution in [0.1, 0.15) is 47.8 Å². The van der Waals surface area contributed by atoms with Crippen LogP contribution in [-0.4, -0.2) is 72.8 Å². The Hall–Kier alpha value is -3.47. The molecule has 7 heteroatoms. The van der Waals surface area contributed by atoms with Gasteiger partial charge in [0, 0.05) is 43.9 Å². The summed E-state index contributed by atoms with van der Waals surface area (Å²) >= 11 is 0. The summed E-state index contributed by atoms with van der Waals surface area (Å²) < 4.78 is 0. The van der Waals surface area contributed by atoms with Crippen LogP contribution in [-0.2, 0) is 16.1 Å². The first-order valence-electron chi connectivity index (χ1n) is 11.5. The summed E-state index contributed by atoms with van der Waals surface area (Å²) in [5.74, 6) is 4.30. The van der Waals surface area contributed by atoms with Crippen molar-refractivity contribution in [2.75, 3.05) is 34.3 Å². The third-order valence-electron chi connectivity index (χ3n) is 5.30. The van der Waals surface area contributed by atoms with E-state index < -0.39 is 30.2 Å². The Morgan fingerprint density at radius 2 is 1.46 bits per heavy atom. The van der Waals surface area contributed by atoms with Crippen LogP contribution in [0.15, 0.2) is 48.5 Å². The maximum absolute atomic E-state index is 12.8. The molecular weight excluding hydrogens is 442 g/mol. The standard InChI is InChI=1S/C28H35N3O4/c1-28(2,3)19-30(5)17-22-11-9-20(10-12-22)7-8-21-13-15-23(16-14-21)27(35)31(6)25(24(33)18-32)26(34)29-4/h9-16,25,32H,17-19H2,1-6H3,(H,29,34). The van der Waals surface area contributed by atoms with Crippen molar-refractivity contribution in [1.29, 1.82) is 0 Å². The van der Waals surface area contributed by atoms with Crippen molar-refractivity contribution in [3.63, 3.8) is 0 Å². The van der Waals surface area contributed by atoms with Gasteiger partial charge in [-0.25, -0.2) is 0 Å². The van der Waals surface area contributed by atoms with Gasteiger partial charge in [0.05, 0.1) is 0 Å². The van der Waals surface area contributed by atoms with Crippen LogP contribution in [0.2, 0.25) is 0 Å². The maximum atomic E-state index is 12.8. The minimum absolute atomic E-state index is 0.248. The molecule has 0 aromatic heterocycles. The number of hydrogen-bond donors (Lipinski definition) is 2. The van der Waals surface area contributed by atoms with E-state index in [9.17, 15) is 14.4 Å². The quantitative estimate of drug-likeness (QED) is 0.450. The molecule has 0 aliphatic rings. The predicted molar refractivity (Wildman–Crippen MR) is 137 cm³/mol. The van der Waals surface area contributed by atoms with E-state index in [4.69, 9.17) is 5.11 Å². The molecule has 0 spiro atoms. The Morgan fingerprint density at radius 3 is 1.91 bits per heavy atom. The number of Topliss-reactive ketones (excluding diaryl/α,β-unsaturated/α-hetero) is 1. The lowest BCUT2D eigenvalue weighted by molar-refractivity contribution is -0.135. The molecule has 0 radical (unpaired) electrons. The van der Waals surface area contributed by atoms with Gasteiger partial charge in [-0.3, -0.25) is 14.4 Å². The zero-order valence-corrected chi connectivity index (χ0v) is 21.4. The van der Waals surface area contributed by atoms with Gasteiger partial charge in [0.1, 0.15) is 6.61 Å². The molecule has 0 saturated carbocycles. The minimum Gasteiger partial charge on any atom is -0.388 e. The number of nitrogens with zero attached hydrogens (tertiary/aromatic N) is 2. The van der Waals surface area contributed by atoms with Gasteiger partial charge in [0.2, 0.25) is 5.91 Å². The first-order chi connectivity index (χ1) is 16.4. The topological polar surface area (TPSA) is 90.0 Å². The van der Waals surface area contributed by atoms with Gasteiger partial charge in [-0.1, -0.05) is 44.7 Å². The molecule has 2 amide bonds. The molecule has 2 aromatic carbocycles. The van der Waals surface area contributed by atoms with Crippen LogP contribution in [0.3, 0.4) is 0 Å². The zero-order valence-electron chi connectivity index (χ0n) is 21.4. The highest BCUT2D eigenvalue weighted by Crippen LogP contribution is 2.16. The summed E-state index contributed by atoms with van der Waals surface area (Å²) in [7, 11) is 4.84. The number of amides is 2. The molecule has 0 bridgehead atoms. The third kappa shape index (κ3) is 8.36. The lowest BCUT2D eigenvalue weighted by Gasteiger charge is -2.26. The fourth-order valence-electron chi connectivity index (χ4n) is 3.79. The first-order valence-corrected chi connectivity index (χ1v) is 11.5. The van der Waals surface area contributed by atoms with Crippen LogP contribution in [0.25, 0.3) is 0 Å². The average molecular weight is 478 g/mol. The molecule has 1 atom stereocenters. The summed E-state index contributed by atoms with van der Waals surface area (Å²) in [6, 6.07) is 13.4. The number of aliphatic hydroxyl groups is 1. The number of hydrogen-bond acceptors (Lipinski definition) is 5. The fraction of sp³-hybridized carbons (Fsp3) is 0.393. The van der Waals surface area contributed by atoms with Crippen LogP contribution in [0.4, 0.5) is 0 Å². The van der Waals surface area contributed by atoms with Crippen LogP contribution in [0, 0.1) is 17.3 Å². The highest BCUT2D eigenvalue weighted by atomic mass is 16.3. The Labute approximate surface area is 208 Å². The largest absolute Gasteiger partial charge is 0.388 e. The molecular formula is C28H35N3O4. The average Bonchev–Trinajstić information content (AvgIpc) is 2.82. The van der Waals surface area contributed by atoms with Crippen LogP contribution >= 0.6 is 0 Å². The predicted octanol–water partition coefficient (Wildman–Crippen LogP) is 2.31. The molecule has 2 aromatic rings. The molecule has 1 unspecified atom stereocenters. The first kappa shape index (κ1) is 27.8. The number of nitrogens with one attached hydrogen (secondary N) is 1. The SMILES string of the molecule is CNC(=O)C(C(=O)CO)N(C)C(=O)c1ccc(C#Cc2ccc(CN(C)CC(C)(C)C)cc2)cc1. The van der Waals surface area contributed by atoms with Gasteiger partial charge >= 0.3 is 0 Å². The minimum atomic E-state index is -1.40. The van der Waals surface area contributed by atoms with Gasteiger partial charge in [0.15, 0.2) is 11.8 Å². The lowest BCUT2D eigenvalue weighted by atomic mass is 9.96. The number of benzene rings is 2. The number of rotatable bonds is 8. The number of carbonyl (C=O) groups excluding carboxylic acids is 3. The highest BCUT2D eigenvalue weighted by Gasteiger charge is 2.32. The zero-order chi connectivity index (χ0) is 26.2. The number of ketones is 1. The molecule has 0 saturated heterocycles. The molecule has 0 aliphatic heterocycles. The van der Waals surface area contributed by atoms with Crippen molar-refractivity contribution in [2.24, 2.45) is 5.41 Å². The lowest BCUT2D eigenvalue weighted by Crippen LogP contribution is -2.52. The molecule has 35 heavy (non-hydrogen) atoms. The van der Waals surface area contributed by atoms with Gasteiger partial charge < -0.3 is 20.2 Å². The summed E-state index contributed by atoms with van der Waals surface area (Å²) in [4.78, 5) is 40.1. The number of likely N-dealkylation sites (N-methyl/N-ethyl adjacent to an activating group) is 2. The van der Waals surface area contributed by atoms with Crippen LogP contribution < -0.4 is 5.32 Å². The van der Waals surface area contributed by atoms with Gasteiger partial charge in [0.25, 0.3) is 5.91 Å². The molecule has 0 fully saturated rings. The normalized spacial score (nSPS) is 11.9. The van der Waals surface area contributed by atoms with Gasteiger partial charge in [-0.15, -0.1) is 0 Å². The van der Waals surface area contributed by atoms with E-state index in [2.05, 4.69) is 62.0 Å². The second-order valence-electron chi connectivity index (χ2n) is 9.81. The number of aliphatic hydroxyl groups excluding tert-OH is 1. The van der Waals surface area contributed by atoms with Crippen molar-refractivity contribution in [3.05, 3.63) is 70.8 Å². The van der Waals surface area contributed by atoms with Crippen molar-refractivity contribution in [3.8, 4) is 11.8 Å². The highest BCUT2D eigenvalue weighted by molar-refractivity contribution is 6.10. The van der Waals surface area contributed by atoms with Crippen LogP contribution in [0.5, 0.6) is 0 Å². The van der Waals surface area contributed by atoms with E-state index >= 15 is 0 Å². The second kappa shape index (κ2) is 12.3. The van der Waals surface area contributed by atoms with Gasteiger partial charge in [-0.05, 0) is 54.4 Å². The summed E-state index contributed by atoms with van der Waals surface area (Å²) in [5.41, 5.74) is 3.40. The Morgan fingerprint density at radius 1 is 0.943 bits per heavy atom. The Balaban J connectivity index is 2.07. The molecule has 0 aliphatic carbocycles. The summed E-state index contributed by atoms with van der Waals surface area (Å²) in [6.45, 7) is 7.72. The van der Waals surface area contributed by atoms with E-state index in [-0.39, 0.29) is 5.41 Å². The van der Waals surface area contributed by atoms with E-state index in [1.165, 1.54) is 19.7 Å². The third-order valence-corrected chi connectivity index (χ3v) is 5.30. The van der Waals surface area contributed by atoms with Gasteiger partial charge in [-0.2, -0.15) is 0 Å². The molecule has 2 rings (SSSR count). The maximum Gasteiger partial charge on any atom is 0.254 e. The van der Waals surface area contributed by atoms with Crippen molar-refractivity contribution in [1.82, 2.24) is 15.1 Å². The summed E-state index contributed by atoms with van der Waals surface area (Å²) in [6.07, 6.45) is 0. The Kier molecular flexibility index (Phi) is 9.76. The fourth-order valence-corrected chi connectivity index (χ4v) is 3.79. The summed E-state index contributed by atoms with van der Waals surface area (Å²) in [5, 5.41) is 11.5. The smallest absolute Gasteiger partial charge is 0.254 e. The molecule has 0 heterocycles. The van der Waals surface area contributed by atoms with Crippen molar-refractivity contribution >= 4 is 17.6 Å². The Bertz CT molecular complexity index is 1070. The number of carbonyl (C=O) groups is 3.